The number of para-hydroxylation sites is 1. The van der Waals surface area contributed by atoms with E-state index in [2.05, 4.69) is 200 Å². The summed E-state index contributed by atoms with van der Waals surface area (Å²) in [5, 5.41) is 1.26. The van der Waals surface area contributed by atoms with Crippen LogP contribution in [0.1, 0.15) is 33.5 Å². The summed E-state index contributed by atoms with van der Waals surface area (Å²) in [7, 11) is 0. The predicted octanol–water partition coefficient (Wildman–Crippen LogP) is 15.4. The first kappa shape index (κ1) is 39.5. The molecule has 322 valence electrons. The number of aryl methyl sites for hydroxylation is 1. The molecule has 0 fully saturated rings. The van der Waals surface area contributed by atoms with Gasteiger partial charge < -0.3 is 14.0 Å². The molecule has 0 N–H and O–H groups in total. The average molecular weight is 875 g/mol. The number of rotatable bonds is 7. The molecular formula is C62H42N4O2. The predicted molar refractivity (Wildman–Crippen MR) is 272 cm³/mol. The Kier molecular flexibility index (Phi) is 9.08. The van der Waals surface area contributed by atoms with E-state index < -0.39 is 5.41 Å². The normalized spacial score (nSPS) is 12.9. The first-order valence-electron chi connectivity index (χ1n) is 23.0. The van der Waals surface area contributed by atoms with E-state index in [1.165, 1.54) is 44.4 Å². The maximum Gasteiger partial charge on any atom is 0.170 e. The number of nitrogens with zero attached hydrogens (tertiary/aromatic N) is 4. The van der Waals surface area contributed by atoms with Gasteiger partial charge in [-0.1, -0.05) is 158 Å². The highest BCUT2D eigenvalue weighted by Gasteiger charge is 2.47. The summed E-state index contributed by atoms with van der Waals surface area (Å²) < 4.78 is 15.9. The Bertz CT molecular complexity index is 3710. The van der Waals surface area contributed by atoms with Crippen LogP contribution in [0, 0.1) is 13.8 Å². The lowest BCUT2D eigenvalue weighted by atomic mass is 9.67. The van der Waals surface area contributed by atoms with Crippen LogP contribution in [0.5, 0.6) is 23.0 Å². The Morgan fingerprint density at radius 1 is 0.382 bits per heavy atom. The van der Waals surface area contributed by atoms with Crippen LogP contribution in [0.4, 0.5) is 0 Å². The molecular weight excluding hydrogens is 833 g/mol. The number of hydrogen-bond acceptors (Lipinski definition) is 5. The highest BCUT2D eigenvalue weighted by atomic mass is 16.6. The van der Waals surface area contributed by atoms with Crippen molar-refractivity contribution in [1.82, 2.24) is 19.5 Å². The molecule has 6 heteroatoms. The largest absolute Gasteiger partial charge is 0.449 e. The van der Waals surface area contributed by atoms with E-state index in [9.17, 15) is 0 Å². The van der Waals surface area contributed by atoms with Gasteiger partial charge in [0, 0.05) is 33.5 Å². The van der Waals surface area contributed by atoms with Crippen molar-refractivity contribution in [3.05, 3.63) is 252 Å². The van der Waals surface area contributed by atoms with Gasteiger partial charge in [-0.05, 0) is 125 Å². The van der Waals surface area contributed by atoms with Crippen molar-refractivity contribution in [2.75, 3.05) is 0 Å². The van der Waals surface area contributed by atoms with Crippen LogP contribution in [-0.4, -0.2) is 19.5 Å². The Labute approximate surface area is 394 Å². The lowest BCUT2D eigenvalue weighted by molar-refractivity contribution is 0.359. The molecule has 1 aliphatic carbocycles. The van der Waals surface area contributed by atoms with Gasteiger partial charge in [-0.15, -0.1) is 0 Å². The van der Waals surface area contributed by atoms with Crippen molar-refractivity contribution < 1.29 is 9.47 Å². The molecule has 1 aliphatic heterocycles. The van der Waals surface area contributed by atoms with Crippen LogP contribution >= 0.6 is 0 Å². The number of aromatic nitrogens is 4. The fourth-order valence-electron chi connectivity index (χ4n) is 10.5. The summed E-state index contributed by atoms with van der Waals surface area (Å²) in [6.45, 7) is 4.37. The molecule has 0 saturated heterocycles. The van der Waals surface area contributed by atoms with Gasteiger partial charge in [0.15, 0.2) is 40.5 Å². The van der Waals surface area contributed by atoms with Crippen molar-refractivity contribution >= 4 is 10.9 Å². The Morgan fingerprint density at radius 2 is 0.912 bits per heavy atom. The Balaban J connectivity index is 0.865. The van der Waals surface area contributed by atoms with Crippen LogP contribution in [0.3, 0.4) is 0 Å². The summed E-state index contributed by atoms with van der Waals surface area (Å²) in [6, 6.07) is 76.3. The highest BCUT2D eigenvalue weighted by Crippen LogP contribution is 2.60. The summed E-state index contributed by atoms with van der Waals surface area (Å²) in [6.07, 6.45) is 0. The van der Waals surface area contributed by atoms with Gasteiger partial charge in [0.25, 0.3) is 0 Å². The molecule has 68 heavy (non-hydrogen) atoms. The van der Waals surface area contributed by atoms with E-state index in [4.69, 9.17) is 24.4 Å². The second kappa shape index (κ2) is 15.6. The second-order valence-corrected chi connectivity index (χ2v) is 17.6. The van der Waals surface area contributed by atoms with E-state index >= 15 is 0 Å². The SMILES string of the molecule is Cc1c(C)n(-c2ccc(-c3nc(-c4ccccc4)nc(-c4cccc(-c5ccc6c(c5)Oc5cc7c(cc5O6)-c5ccccc5C7(c5ccccc5)c5ccccc5)c4)n3)cc2)c2ccccc12. The molecule has 9 aromatic carbocycles. The first-order valence-corrected chi connectivity index (χ1v) is 23.0. The summed E-state index contributed by atoms with van der Waals surface area (Å²) in [4.78, 5) is 15.2. The number of hydrogen-bond donors (Lipinski definition) is 0. The average Bonchev–Trinajstić information content (AvgIpc) is 3.84. The lowest BCUT2D eigenvalue weighted by Crippen LogP contribution is -2.28. The van der Waals surface area contributed by atoms with E-state index in [0.29, 0.717) is 40.5 Å². The summed E-state index contributed by atoms with van der Waals surface area (Å²) in [5.41, 5.74) is 16.0. The minimum absolute atomic E-state index is 0.551. The Morgan fingerprint density at radius 3 is 1.65 bits per heavy atom. The van der Waals surface area contributed by atoms with Gasteiger partial charge in [0.1, 0.15) is 0 Å². The van der Waals surface area contributed by atoms with Crippen molar-refractivity contribution in [3.8, 4) is 85.1 Å². The molecule has 2 aromatic heterocycles. The van der Waals surface area contributed by atoms with Gasteiger partial charge >= 0.3 is 0 Å². The lowest BCUT2D eigenvalue weighted by Gasteiger charge is -2.34. The second-order valence-electron chi connectivity index (χ2n) is 17.6. The molecule has 0 amide bonds. The van der Waals surface area contributed by atoms with Gasteiger partial charge in [0.2, 0.25) is 0 Å². The van der Waals surface area contributed by atoms with Crippen LogP contribution in [0.25, 0.3) is 73.0 Å². The molecule has 13 rings (SSSR count). The Hall–Kier alpha value is -8.87. The fraction of sp³-hybridized carbons (Fsp3) is 0.0484. The smallest absolute Gasteiger partial charge is 0.170 e. The number of fused-ring (bicyclic) bond motifs is 6. The van der Waals surface area contributed by atoms with Crippen LogP contribution in [-0.2, 0) is 5.41 Å². The van der Waals surface area contributed by atoms with Crippen molar-refractivity contribution in [2.45, 2.75) is 19.3 Å². The van der Waals surface area contributed by atoms with Crippen LogP contribution in [0.15, 0.2) is 218 Å². The molecule has 0 spiro atoms. The zero-order valence-corrected chi connectivity index (χ0v) is 37.4. The van der Waals surface area contributed by atoms with Crippen LogP contribution < -0.4 is 9.47 Å². The molecule has 0 saturated carbocycles. The van der Waals surface area contributed by atoms with Gasteiger partial charge in [0.05, 0.1) is 10.9 Å². The van der Waals surface area contributed by atoms with E-state index in [0.717, 1.165) is 44.6 Å². The quantitative estimate of drug-likeness (QED) is 0.160. The number of ether oxygens (including phenoxy) is 2. The summed E-state index contributed by atoms with van der Waals surface area (Å²) in [5.74, 6) is 4.48. The summed E-state index contributed by atoms with van der Waals surface area (Å²) >= 11 is 0. The van der Waals surface area contributed by atoms with E-state index in [-0.39, 0.29) is 0 Å². The minimum Gasteiger partial charge on any atom is -0.449 e. The minimum atomic E-state index is -0.551. The first-order chi connectivity index (χ1) is 33.5. The highest BCUT2D eigenvalue weighted by molar-refractivity contribution is 5.89. The van der Waals surface area contributed by atoms with Crippen LogP contribution in [0.2, 0.25) is 0 Å². The molecule has 0 atom stereocenters. The third kappa shape index (κ3) is 6.22. The molecule has 11 aromatic rings. The zero-order valence-electron chi connectivity index (χ0n) is 37.4. The zero-order chi connectivity index (χ0) is 45.3. The van der Waals surface area contributed by atoms with Gasteiger partial charge in [-0.2, -0.15) is 0 Å². The number of benzene rings is 9. The molecule has 6 nitrogen and oxygen atoms in total. The maximum absolute atomic E-state index is 6.88. The molecule has 0 radical (unpaired) electrons. The third-order valence-corrected chi connectivity index (χ3v) is 13.8. The molecule has 3 heterocycles. The standard InChI is InChI=1S/C62H42N4O2/c1-39-40(2)66(54-28-15-13-25-49(39)54)48-32-29-42(30-33-48)60-63-59(41-17-6-3-7-18-41)64-61(65-60)45-20-16-19-43(35-45)44-31-34-55-56(36-44)68-58-38-53-51(37-57(58)67-55)50-26-12-14-27-52(50)62(53,46-21-8-4-9-22-46)47-23-10-5-11-24-47/h3-38H,1-2H3. The van der Waals surface area contributed by atoms with E-state index in [1.807, 2.05) is 36.4 Å². The third-order valence-electron chi connectivity index (χ3n) is 13.8. The van der Waals surface area contributed by atoms with E-state index in [1.54, 1.807) is 0 Å². The maximum atomic E-state index is 6.88. The fourth-order valence-corrected chi connectivity index (χ4v) is 10.5. The van der Waals surface area contributed by atoms with Crippen molar-refractivity contribution in [1.29, 1.82) is 0 Å². The van der Waals surface area contributed by atoms with Crippen molar-refractivity contribution in [3.63, 3.8) is 0 Å². The molecule has 2 aliphatic rings. The topological polar surface area (TPSA) is 62.1 Å². The molecule has 0 unspecified atom stereocenters. The van der Waals surface area contributed by atoms with Gasteiger partial charge in [-0.25, -0.2) is 15.0 Å². The molecule has 0 bridgehead atoms. The van der Waals surface area contributed by atoms with Crippen molar-refractivity contribution in [2.24, 2.45) is 0 Å². The monoisotopic (exact) mass is 874 g/mol. The van der Waals surface area contributed by atoms with Gasteiger partial charge in [-0.3, -0.25) is 0 Å².